The van der Waals surface area contributed by atoms with Crippen molar-refractivity contribution in [2.75, 3.05) is 0 Å². The Balaban J connectivity index is 1.95. The van der Waals surface area contributed by atoms with E-state index in [9.17, 15) is 0 Å². The van der Waals surface area contributed by atoms with E-state index in [0.717, 1.165) is 11.3 Å². The van der Waals surface area contributed by atoms with Crippen molar-refractivity contribution >= 4 is 0 Å². The van der Waals surface area contributed by atoms with Gasteiger partial charge in [0.05, 0.1) is 0 Å². The van der Waals surface area contributed by atoms with Crippen molar-refractivity contribution in [2.24, 2.45) is 11.3 Å². The Morgan fingerprint density at radius 3 is 2.11 bits per heavy atom. The molecule has 2 aliphatic rings. The van der Waals surface area contributed by atoms with Crippen LogP contribution < -0.4 is 0 Å². The molecule has 0 atom stereocenters. The molecule has 0 aromatic heterocycles. The Bertz CT molecular complexity index is 101. The highest BCUT2D eigenvalue weighted by molar-refractivity contribution is 4.97. The van der Waals surface area contributed by atoms with Crippen LogP contribution in [0.1, 0.15) is 38.5 Å². The maximum atomic E-state index is 4.06. The van der Waals surface area contributed by atoms with Gasteiger partial charge in [-0.25, -0.2) is 0 Å². The lowest BCUT2D eigenvalue weighted by atomic mass is 9.62. The zero-order valence-corrected chi connectivity index (χ0v) is 6.03. The fourth-order valence-corrected chi connectivity index (χ4v) is 2.70. The average Bonchev–Trinajstić information content (AvgIpc) is 2.12. The second-order valence-corrected chi connectivity index (χ2v) is 3.98. The van der Waals surface area contributed by atoms with Gasteiger partial charge in [0.25, 0.3) is 0 Å². The highest BCUT2D eigenvalue weighted by Gasteiger charge is 2.43. The quantitative estimate of drug-likeness (QED) is 0.464. The first-order valence-electron chi connectivity index (χ1n) is 4.14. The lowest BCUT2D eigenvalue weighted by Crippen LogP contribution is -2.32. The van der Waals surface area contributed by atoms with Gasteiger partial charge in [0, 0.05) is 0 Å². The summed E-state index contributed by atoms with van der Waals surface area (Å²) in [6.07, 6.45) is 8.89. The molecule has 0 bridgehead atoms. The molecule has 2 rings (SSSR count). The van der Waals surface area contributed by atoms with Crippen LogP contribution in [0.15, 0.2) is 0 Å². The third-order valence-corrected chi connectivity index (χ3v) is 3.11. The molecule has 9 heavy (non-hydrogen) atoms. The minimum Gasteiger partial charge on any atom is -0.0528 e. The summed E-state index contributed by atoms with van der Waals surface area (Å²) in [7, 11) is 0. The van der Waals surface area contributed by atoms with Crippen molar-refractivity contribution in [1.29, 1.82) is 0 Å². The number of hydrogen-bond acceptors (Lipinski definition) is 0. The summed E-state index contributed by atoms with van der Waals surface area (Å²) in [5.41, 5.74) is 0.826. The van der Waals surface area contributed by atoms with Crippen LogP contribution in [0.3, 0.4) is 0 Å². The molecule has 2 saturated carbocycles. The summed E-state index contributed by atoms with van der Waals surface area (Å²) < 4.78 is 0. The highest BCUT2D eigenvalue weighted by Crippen LogP contribution is 2.55. The molecule has 1 radical (unpaired) electrons. The van der Waals surface area contributed by atoms with E-state index in [1.165, 1.54) is 38.5 Å². The topological polar surface area (TPSA) is 0 Å². The molecule has 0 amide bonds. The molecule has 0 heteroatoms. The van der Waals surface area contributed by atoms with Crippen LogP contribution in [0.4, 0.5) is 0 Å². The first kappa shape index (κ1) is 5.76. The SMILES string of the molecule is [CH2]C1CC2(CCCC2)C1. The summed E-state index contributed by atoms with van der Waals surface area (Å²) in [6, 6.07) is 0. The van der Waals surface area contributed by atoms with Crippen molar-refractivity contribution in [3.8, 4) is 0 Å². The summed E-state index contributed by atoms with van der Waals surface area (Å²) in [4.78, 5) is 0. The standard InChI is InChI=1S/C9H15/c1-8-6-9(7-8)4-2-3-5-9/h8H,1-7H2. The maximum Gasteiger partial charge on any atom is -0.0292 e. The molecule has 1 spiro atoms. The van der Waals surface area contributed by atoms with E-state index in [1.54, 1.807) is 0 Å². The third-order valence-electron chi connectivity index (χ3n) is 3.11. The zero-order valence-electron chi connectivity index (χ0n) is 6.03. The van der Waals surface area contributed by atoms with Gasteiger partial charge in [-0.1, -0.05) is 19.8 Å². The zero-order chi connectivity index (χ0) is 6.32. The van der Waals surface area contributed by atoms with E-state index < -0.39 is 0 Å². The third kappa shape index (κ3) is 0.798. The van der Waals surface area contributed by atoms with E-state index in [2.05, 4.69) is 6.92 Å². The molecule has 0 saturated heterocycles. The van der Waals surface area contributed by atoms with Crippen LogP contribution in [0.5, 0.6) is 0 Å². The Morgan fingerprint density at radius 1 is 1.11 bits per heavy atom. The first-order chi connectivity index (χ1) is 4.31. The Kier molecular flexibility index (Phi) is 1.12. The largest absolute Gasteiger partial charge is 0.0528 e. The average molecular weight is 123 g/mol. The lowest BCUT2D eigenvalue weighted by molar-refractivity contribution is 0.0905. The molecule has 0 nitrogen and oxygen atoms in total. The molecule has 0 heterocycles. The maximum absolute atomic E-state index is 4.06. The molecule has 51 valence electrons. The molecule has 0 unspecified atom stereocenters. The Hall–Kier alpha value is 0. The van der Waals surface area contributed by atoms with Gasteiger partial charge in [0.1, 0.15) is 0 Å². The van der Waals surface area contributed by atoms with Gasteiger partial charge in [-0.3, -0.25) is 0 Å². The number of hydrogen-bond donors (Lipinski definition) is 0. The van der Waals surface area contributed by atoms with Crippen LogP contribution in [-0.4, -0.2) is 0 Å². The van der Waals surface area contributed by atoms with E-state index in [4.69, 9.17) is 0 Å². The van der Waals surface area contributed by atoms with Crippen molar-refractivity contribution in [2.45, 2.75) is 38.5 Å². The molecule has 2 fully saturated rings. The van der Waals surface area contributed by atoms with Gasteiger partial charge in [-0.2, -0.15) is 0 Å². The van der Waals surface area contributed by atoms with Gasteiger partial charge in [0.15, 0.2) is 0 Å². The van der Waals surface area contributed by atoms with E-state index in [0.29, 0.717) is 0 Å². The fraction of sp³-hybridized carbons (Fsp3) is 0.889. The second kappa shape index (κ2) is 1.74. The lowest BCUT2D eigenvalue weighted by Gasteiger charge is -2.43. The highest BCUT2D eigenvalue weighted by atomic mass is 14.5. The van der Waals surface area contributed by atoms with E-state index >= 15 is 0 Å². The van der Waals surface area contributed by atoms with Crippen molar-refractivity contribution in [1.82, 2.24) is 0 Å². The first-order valence-corrected chi connectivity index (χ1v) is 4.14. The second-order valence-electron chi connectivity index (χ2n) is 3.98. The van der Waals surface area contributed by atoms with Crippen molar-refractivity contribution in [3.63, 3.8) is 0 Å². The summed E-state index contributed by atoms with van der Waals surface area (Å²) >= 11 is 0. The summed E-state index contributed by atoms with van der Waals surface area (Å²) in [5.74, 6) is 0.808. The van der Waals surface area contributed by atoms with E-state index in [-0.39, 0.29) is 0 Å². The van der Waals surface area contributed by atoms with Gasteiger partial charge >= 0.3 is 0 Å². The Labute approximate surface area is 57.6 Å². The Morgan fingerprint density at radius 2 is 1.67 bits per heavy atom. The summed E-state index contributed by atoms with van der Waals surface area (Å²) in [6.45, 7) is 4.06. The van der Waals surface area contributed by atoms with Crippen LogP contribution >= 0.6 is 0 Å². The van der Waals surface area contributed by atoms with Gasteiger partial charge in [-0.15, -0.1) is 0 Å². The normalized spacial score (nSPS) is 33.0. The summed E-state index contributed by atoms with van der Waals surface area (Å²) in [5, 5.41) is 0. The van der Waals surface area contributed by atoms with Crippen LogP contribution in [0, 0.1) is 18.3 Å². The predicted octanol–water partition coefficient (Wildman–Crippen LogP) is 2.79. The number of rotatable bonds is 0. The molecule has 0 aromatic carbocycles. The van der Waals surface area contributed by atoms with E-state index in [1.807, 2.05) is 0 Å². The van der Waals surface area contributed by atoms with Gasteiger partial charge in [-0.05, 0) is 37.0 Å². The van der Waals surface area contributed by atoms with Crippen LogP contribution in [0.2, 0.25) is 0 Å². The van der Waals surface area contributed by atoms with Gasteiger partial charge < -0.3 is 0 Å². The molecule has 0 N–H and O–H groups in total. The molecule has 2 aliphatic carbocycles. The molecular weight excluding hydrogens is 108 g/mol. The minimum absolute atomic E-state index is 0.808. The smallest absolute Gasteiger partial charge is 0.0292 e. The van der Waals surface area contributed by atoms with Crippen LogP contribution in [-0.2, 0) is 0 Å². The molecule has 0 aromatic rings. The minimum atomic E-state index is 0.808. The van der Waals surface area contributed by atoms with Gasteiger partial charge in [0.2, 0.25) is 0 Å². The van der Waals surface area contributed by atoms with Crippen LogP contribution in [0.25, 0.3) is 0 Å². The fourth-order valence-electron chi connectivity index (χ4n) is 2.70. The predicted molar refractivity (Wildman–Crippen MR) is 39.0 cm³/mol. The van der Waals surface area contributed by atoms with Crippen molar-refractivity contribution in [3.05, 3.63) is 6.92 Å². The molecular formula is C9H15. The van der Waals surface area contributed by atoms with Crippen molar-refractivity contribution < 1.29 is 0 Å². The molecule has 0 aliphatic heterocycles. The monoisotopic (exact) mass is 123 g/mol.